The number of hydrogen-bond acceptors (Lipinski definition) is 3. The van der Waals surface area contributed by atoms with Gasteiger partial charge < -0.3 is 0 Å². The molecule has 0 aliphatic carbocycles. The number of benzene rings is 1. The Labute approximate surface area is 102 Å². The maximum Gasteiger partial charge on any atom is 0.186 e. The molecule has 0 amide bonds. The van der Waals surface area contributed by atoms with Crippen LogP contribution in [0.2, 0.25) is 0 Å². The Morgan fingerprint density at radius 2 is 2.31 bits per heavy atom. The molecule has 0 saturated heterocycles. The molecule has 80 valence electrons. The van der Waals surface area contributed by atoms with Crippen molar-refractivity contribution in [3.8, 4) is 11.8 Å². The third kappa shape index (κ3) is 1.84. The van der Waals surface area contributed by atoms with Gasteiger partial charge in [0.15, 0.2) is 5.69 Å². The Morgan fingerprint density at radius 3 is 2.94 bits per heavy atom. The topological polar surface area (TPSA) is 54.5 Å². The van der Waals surface area contributed by atoms with Gasteiger partial charge in [-0.15, -0.1) is 5.10 Å². The smallest absolute Gasteiger partial charge is 0.186 e. The van der Waals surface area contributed by atoms with Crippen LogP contribution in [0.15, 0.2) is 28.7 Å². The van der Waals surface area contributed by atoms with E-state index >= 15 is 0 Å². The average Bonchev–Trinajstić information content (AvgIpc) is 2.71. The van der Waals surface area contributed by atoms with Crippen molar-refractivity contribution in [2.45, 2.75) is 13.3 Å². The molecule has 0 spiro atoms. The van der Waals surface area contributed by atoms with Gasteiger partial charge in [-0.25, -0.2) is 4.68 Å². The molecule has 0 aliphatic heterocycles. The van der Waals surface area contributed by atoms with Crippen LogP contribution in [0, 0.1) is 11.3 Å². The zero-order chi connectivity index (χ0) is 11.5. The van der Waals surface area contributed by atoms with E-state index in [0.717, 1.165) is 22.3 Å². The van der Waals surface area contributed by atoms with Crippen LogP contribution in [0.3, 0.4) is 0 Å². The highest BCUT2D eigenvalue weighted by Crippen LogP contribution is 2.17. The monoisotopic (exact) mass is 276 g/mol. The van der Waals surface area contributed by atoms with Crippen molar-refractivity contribution < 1.29 is 0 Å². The van der Waals surface area contributed by atoms with Crippen molar-refractivity contribution in [2.75, 3.05) is 0 Å². The van der Waals surface area contributed by atoms with Gasteiger partial charge in [0.1, 0.15) is 6.07 Å². The Balaban J connectivity index is 2.57. The largest absolute Gasteiger partial charge is 0.216 e. The average molecular weight is 277 g/mol. The van der Waals surface area contributed by atoms with E-state index in [0.29, 0.717) is 5.69 Å². The van der Waals surface area contributed by atoms with Crippen molar-refractivity contribution in [3.05, 3.63) is 40.1 Å². The predicted molar refractivity (Wildman–Crippen MR) is 63.2 cm³/mol. The number of nitriles is 1. The Kier molecular flexibility index (Phi) is 3.02. The second kappa shape index (κ2) is 4.45. The van der Waals surface area contributed by atoms with E-state index in [9.17, 15) is 0 Å². The molecule has 1 aromatic carbocycles. The molecule has 0 atom stereocenters. The minimum absolute atomic E-state index is 0.391. The van der Waals surface area contributed by atoms with Gasteiger partial charge in [0.25, 0.3) is 0 Å². The molecule has 4 nitrogen and oxygen atoms in total. The van der Waals surface area contributed by atoms with Gasteiger partial charge in [0.2, 0.25) is 0 Å². The normalized spacial score (nSPS) is 10.1. The molecule has 0 fully saturated rings. The summed E-state index contributed by atoms with van der Waals surface area (Å²) in [5.74, 6) is 0. The van der Waals surface area contributed by atoms with E-state index in [1.165, 1.54) is 0 Å². The molecule has 0 unspecified atom stereocenters. The van der Waals surface area contributed by atoms with Crippen molar-refractivity contribution in [3.63, 3.8) is 0 Å². The van der Waals surface area contributed by atoms with Crippen LogP contribution < -0.4 is 0 Å². The maximum atomic E-state index is 8.89. The standard InChI is InChI=1S/C11H9BrN4/c1-2-11-10(7-13)14-15-16(11)9-5-3-4-8(12)6-9/h3-6H,2H2,1H3. The molecule has 5 heteroatoms. The van der Waals surface area contributed by atoms with Gasteiger partial charge in [-0.05, 0) is 24.6 Å². The van der Waals surface area contributed by atoms with Crippen LogP contribution in [0.25, 0.3) is 5.69 Å². The number of rotatable bonds is 2. The zero-order valence-electron chi connectivity index (χ0n) is 8.68. The fourth-order valence-electron chi connectivity index (χ4n) is 1.52. The lowest BCUT2D eigenvalue weighted by molar-refractivity contribution is 0.767. The lowest BCUT2D eigenvalue weighted by atomic mass is 10.2. The lowest BCUT2D eigenvalue weighted by Gasteiger charge is -2.04. The molecular weight excluding hydrogens is 268 g/mol. The van der Waals surface area contributed by atoms with Gasteiger partial charge in [-0.1, -0.05) is 34.1 Å². The maximum absolute atomic E-state index is 8.89. The Hall–Kier alpha value is -1.67. The highest BCUT2D eigenvalue weighted by Gasteiger charge is 2.11. The highest BCUT2D eigenvalue weighted by molar-refractivity contribution is 9.10. The summed E-state index contributed by atoms with van der Waals surface area (Å²) in [6.07, 6.45) is 0.725. The van der Waals surface area contributed by atoms with Crippen LogP contribution in [0.4, 0.5) is 0 Å². The summed E-state index contributed by atoms with van der Waals surface area (Å²) in [6, 6.07) is 9.78. The predicted octanol–water partition coefficient (Wildman–Crippen LogP) is 2.46. The number of halogens is 1. The van der Waals surface area contributed by atoms with Gasteiger partial charge in [-0.2, -0.15) is 5.26 Å². The van der Waals surface area contributed by atoms with E-state index < -0.39 is 0 Å². The fourth-order valence-corrected chi connectivity index (χ4v) is 1.91. The Bertz CT molecular complexity index is 553. The van der Waals surface area contributed by atoms with Crippen molar-refractivity contribution in [1.82, 2.24) is 15.0 Å². The summed E-state index contributed by atoms with van der Waals surface area (Å²) < 4.78 is 2.67. The first-order chi connectivity index (χ1) is 7.76. The molecule has 2 aromatic rings. The summed E-state index contributed by atoms with van der Waals surface area (Å²) in [4.78, 5) is 0. The van der Waals surface area contributed by atoms with Gasteiger partial charge in [0, 0.05) is 4.47 Å². The van der Waals surface area contributed by atoms with Crippen LogP contribution in [-0.4, -0.2) is 15.0 Å². The zero-order valence-corrected chi connectivity index (χ0v) is 10.3. The SMILES string of the molecule is CCc1c(C#N)nnn1-c1cccc(Br)c1. The third-order valence-electron chi connectivity index (χ3n) is 2.26. The summed E-state index contributed by atoms with van der Waals surface area (Å²) in [5.41, 5.74) is 2.13. The van der Waals surface area contributed by atoms with Crippen molar-refractivity contribution >= 4 is 15.9 Å². The summed E-state index contributed by atoms with van der Waals surface area (Å²) in [6.45, 7) is 1.98. The van der Waals surface area contributed by atoms with E-state index in [4.69, 9.17) is 5.26 Å². The molecule has 0 N–H and O–H groups in total. The lowest BCUT2D eigenvalue weighted by Crippen LogP contribution is -2.01. The van der Waals surface area contributed by atoms with E-state index in [-0.39, 0.29) is 0 Å². The minimum atomic E-state index is 0.391. The van der Waals surface area contributed by atoms with Crippen LogP contribution in [0.5, 0.6) is 0 Å². The first-order valence-corrected chi connectivity index (χ1v) is 5.66. The highest BCUT2D eigenvalue weighted by atomic mass is 79.9. The van der Waals surface area contributed by atoms with E-state index in [1.54, 1.807) is 4.68 Å². The molecule has 1 aromatic heterocycles. The fraction of sp³-hybridized carbons (Fsp3) is 0.182. The minimum Gasteiger partial charge on any atom is -0.216 e. The second-order valence-electron chi connectivity index (χ2n) is 3.24. The summed E-state index contributed by atoms with van der Waals surface area (Å²) >= 11 is 3.40. The van der Waals surface area contributed by atoms with E-state index in [1.807, 2.05) is 37.3 Å². The molecule has 0 aliphatic rings. The van der Waals surface area contributed by atoms with Gasteiger partial charge >= 0.3 is 0 Å². The molecule has 2 rings (SSSR count). The van der Waals surface area contributed by atoms with Gasteiger partial charge in [0.05, 0.1) is 11.4 Å². The molecular formula is C11H9BrN4. The van der Waals surface area contributed by atoms with Crippen LogP contribution in [-0.2, 0) is 6.42 Å². The summed E-state index contributed by atoms with van der Waals surface area (Å²) in [7, 11) is 0. The molecule has 16 heavy (non-hydrogen) atoms. The number of aromatic nitrogens is 3. The molecule has 0 bridgehead atoms. The van der Waals surface area contributed by atoms with Gasteiger partial charge in [-0.3, -0.25) is 0 Å². The molecule has 1 heterocycles. The van der Waals surface area contributed by atoms with Crippen molar-refractivity contribution in [2.24, 2.45) is 0 Å². The van der Waals surface area contributed by atoms with Crippen LogP contribution in [0.1, 0.15) is 18.3 Å². The number of hydrogen-bond donors (Lipinski definition) is 0. The first kappa shape index (κ1) is 10.8. The second-order valence-corrected chi connectivity index (χ2v) is 4.16. The van der Waals surface area contributed by atoms with Crippen molar-refractivity contribution in [1.29, 1.82) is 5.26 Å². The third-order valence-corrected chi connectivity index (χ3v) is 2.75. The summed E-state index contributed by atoms with van der Waals surface area (Å²) in [5, 5.41) is 16.7. The first-order valence-electron chi connectivity index (χ1n) is 4.87. The number of nitrogens with zero attached hydrogens (tertiary/aromatic N) is 4. The Morgan fingerprint density at radius 1 is 1.50 bits per heavy atom. The quantitative estimate of drug-likeness (QED) is 0.847. The van der Waals surface area contributed by atoms with Crippen LogP contribution >= 0.6 is 15.9 Å². The van der Waals surface area contributed by atoms with E-state index in [2.05, 4.69) is 26.2 Å². The molecule has 0 saturated carbocycles. The molecule has 0 radical (unpaired) electrons.